The van der Waals surface area contributed by atoms with Gasteiger partial charge in [0.15, 0.2) is 0 Å². The zero-order valence-corrected chi connectivity index (χ0v) is 18.0. The highest BCUT2D eigenvalue weighted by Gasteiger charge is 2.32. The fourth-order valence-corrected chi connectivity index (χ4v) is 4.10. The number of nitrogens with two attached hydrogens (primary N) is 1. The number of rotatable bonds is 6. The average molecular weight is 471 g/mol. The zero-order valence-electron chi connectivity index (χ0n) is 18.0. The van der Waals surface area contributed by atoms with Crippen LogP contribution in [-0.4, -0.2) is 11.1 Å². The van der Waals surface area contributed by atoms with Crippen molar-refractivity contribution in [3.05, 3.63) is 94.3 Å². The number of anilines is 1. The molecular formula is C26H21F4NO3. The molecule has 4 rings (SSSR count). The molecule has 176 valence electrons. The van der Waals surface area contributed by atoms with Crippen molar-refractivity contribution in [2.24, 2.45) is 0 Å². The summed E-state index contributed by atoms with van der Waals surface area (Å²) in [6.45, 7) is 0.0479. The minimum atomic E-state index is -4.54. The Kier molecular flexibility index (Phi) is 6.32. The van der Waals surface area contributed by atoms with E-state index in [0.29, 0.717) is 41.5 Å². The molecule has 34 heavy (non-hydrogen) atoms. The summed E-state index contributed by atoms with van der Waals surface area (Å²) in [7, 11) is 0. The highest BCUT2D eigenvalue weighted by molar-refractivity contribution is 5.98. The second-order valence-corrected chi connectivity index (χ2v) is 8.04. The van der Waals surface area contributed by atoms with Gasteiger partial charge in [0.2, 0.25) is 0 Å². The van der Waals surface area contributed by atoms with Gasteiger partial charge in [0.05, 0.1) is 11.1 Å². The molecule has 0 heterocycles. The lowest BCUT2D eigenvalue weighted by atomic mass is 9.94. The lowest BCUT2D eigenvalue weighted by molar-refractivity contribution is -0.137. The molecule has 1 aliphatic rings. The first-order valence-electron chi connectivity index (χ1n) is 10.6. The Labute approximate surface area is 193 Å². The molecule has 3 aromatic carbocycles. The van der Waals surface area contributed by atoms with Crippen LogP contribution in [-0.2, 0) is 12.8 Å². The van der Waals surface area contributed by atoms with Crippen LogP contribution in [0.2, 0.25) is 0 Å². The first-order valence-corrected chi connectivity index (χ1v) is 10.6. The van der Waals surface area contributed by atoms with Gasteiger partial charge in [0.1, 0.15) is 18.2 Å². The molecule has 0 saturated carbocycles. The van der Waals surface area contributed by atoms with Crippen LogP contribution in [0.4, 0.5) is 23.2 Å². The minimum Gasteiger partial charge on any atom is -0.488 e. The standard InChI is InChI=1S/C26H21F4NO3/c27-18-8-4-15(5-9-18)14-34-24-11-7-17(26(28,29)30)13-21(24)20-3-1-2-19(20)16-6-10-23(31)22(12-16)25(32)33/h4-13H,1-3,14,31H2,(H,32,33). The smallest absolute Gasteiger partial charge is 0.416 e. The summed E-state index contributed by atoms with van der Waals surface area (Å²) in [5.41, 5.74) is 8.00. The Bertz CT molecular complexity index is 1260. The summed E-state index contributed by atoms with van der Waals surface area (Å²) >= 11 is 0. The van der Waals surface area contributed by atoms with Crippen molar-refractivity contribution < 1.29 is 32.2 Å². The van der Waals surface area contributed by atoms with E-state index in [1.807, 2.05) is 0 Å². The van der Waals surface area contributed by atoms with E-state index in [9.17, 15) is 27.5 Å². The molecule has 3 N–H and O–H groups in total. The van der Waals surface area contributed by atoms with E-state index in [0.717, 1.165) is 17.7 Å². The number of halogens is 4. The number of aromatic carboxylic acids is 1. The molecule has 1 aliphatic carbocycles. The van der Waals surface area contributed by atoms with Gasteiger partial charge in [-0.1, -0.05) is 18.2 Å². The number of nitrogen functional groups attached to an aromatic ring is 1. The number of hydrogen-bond donors (Lipinski definition) is 2. The van der Waals surface area contributed by atoms with Gasteiger partial charge in [-0.25, -0.2) is 9.18 Å². The number of hydrogen-bond acceptors (Lipinski definition) is 3. The number of allylic oxidation sites excluding steroid dienone is 2. The van der Waals surface area contributed by atoms with Crippen molar-refractivity contribution >= 4 is 22.8 Å². The second-order valence-electron chi connectivity index (χ2n) is 8.04. The molecular weight excluding hydrogens is 450 g/mol. The van der Waals surface area contributed by atoms with Gasteiger partial charge in [0.25, 0.3) is 0 Å². The van der Waals surface area contributed by atoms with Crippen LogP contribution in [0.3, 0.4) is 0 Å². The van der Waals surface area contributed by atoms with Crippen molar-refractivity contribution in [1.29, 1.82) is 0 Å². The van der Waals surface area contributed by atoms with Crippen LogP contribution < -0.4 is 10.5 Å². The second kappa shape index (κ2) is 9.21. The lowest BCUT2D eigenvalue weighted by Crippen LogP contribution is -2.07. The van der Waals surface area contributed by atoms with Crippen molar-refractivity contribution in [1.82, 2.24) is 0 Å². The molecule has 0 aromatic heterocycles. The predicted molar refractivity (Wildman–Crippen MR) is 121 cm³/mol. The fourth-order valence-electron chi connectivity index (χ4n) is 4.10. The van der Waals surface area contributed by atoms with E-state index >= 15 is 0 Å². The van der Waals surface area contributed by atoms with E-state index in [2.05, 4.69) is 0 Å². The molecule has 4 nitrogen and oxygen atoms in total. The fraction of sp³-hybridized carbons (Fsp3) is 0.192. The van der Waals surface area contributed by atoms with Crippen LogP contribution in [0.5, 0.6) is 5.75 Å². The molecule has 0 fully saturated rings. The maximum absolute atomic E-state index is 13.5. The molecule has 8 heteroatoms. The Morgan fingerprint density at radius 3 is 2.35 bits per heavy atom. The summed E-state index contributed by atoms with van der Waals surface area (Å²) < 4.78 is 59.6. The maximum Gasteiger partial charge on any atom is 0.416 e. The van der Waals surface area contributed by atoms with E-state index < -0.39 is 23.5 Å². The van der Waals surface area contributed by atoms with E-state index in [4.69, 9.17) is 10.5 Å². The van der Waals surface area contributed by atoms with Crippen LogP contribution in [0.25, 0.3) is 11.1 Å². The SMILES string of the molecule is Nc1ccc(C2=C(c3cc(C(F)(F)F)ccc3OCc3ccc(F)cc3)CCC2)cc1C(=O)O. The number of carboxylic acids is 1. The number of ether oxygens (including phenoxy) is 1. The minimum absolute atomic E-state index is 0.0479. The van der Waals surface area contributed by atoms with E-state index in [-0.39, 0.29) is 23.6 Å². The van der Waals surface area contributed by atoms with E-state index in [1.165, 1.54) is 30.3 Å². The summed E-state index contributed by atoms with van der Waals surface area (Å²) in [5.74, 6) is -1.31. The summed E-state index contributed by atoms with van der Waals surface area (Å²) in [5, 5.41) is 9.42. The third-order valence-electron chi connectivity index (χ3n) is 5.79. The third-order valence-corrected chi connectivity index (χ3v) is 5.79. The van der Waals surface area contributed by atoms with Gasteiger partial charge in [-0.15, -0.1) is 0 Å². The maximum atomic E-state index is 13.5. The quantitative estimate of drug-likeness (QED) is 0.306. The van der Waals surface area contributed by atoms with Gasteiger partial charge < -0.3 is 15.6 Å². The van der Waals surface area contributed by atoms with Crippen molar-refractivity contribution in [2.45, 2.75) is 32.0 Å². The summed E-state index contributed by atoms with van der Waals surface area (Å²) in [6, 6.07) is 13.6. The van der Waals surface area contributed by atoms with Gasteiger partial charge in [0, 0.05) is 11.3 Å². The Balaban J connectivity index is 1.79. The predicted octanol–water partition coefficient (Wildman–Crippen LogP) is 6.80. The van der Waals surface area contributed by atoms with E-state index in [1.54, 1.807) is 18.2 Å². The van der Waals surface area contributed by atoms with Crippen LogP contribution in [0, 0.1) is 5.82 Å². The Hall–Kier alpha value is -3.81. The first kappa shape index (κ1) is 23.4. The molecule has 0 spiro atoms. The lowest BCUT2D eigenvalue weighted by Gasteiger charge is -2.17. The van der Waals surface area contributed by atoms with Crippen LogP contribution in [0.1, 0.15) is 51.9 Å². The molecule has 0 aliphatic heterocycles. The highest BCUT2D eigenvalue weighted by Crippen LogP contribution is 2.45. The average Bonchev–Trinajstić information content (AvgIpc) is 3.28. The van der Waals surface area contributed by atoms with Crippen LogP contribution >= 0.6 is 0 Å². The number of alkyl halides is 3. The molecule has 3 aromatic rings. The molecule has 0 radical (unpaired) electrons. The largest absolute Gasteiger partial charge is 0.488 e. The Morgan fingerprint density at radius 1 is 0.971 bits per heavy atom. The molecule has 0 unspecified atom stereocenters. The number of benzene rings is 3. The van der Waals surface area contributed by atoms with Gasteiger partial charge >= 0.3 is 12.1 Å². The van der Waals surface area contributed by atoms with Crippen molar-refractivity contribution in [3.63, 3.8) is 0 Å². The first-order chi connectivity index (χ1) is 16.1. The van der Waals surface area contributed by atoms with Crippen molar-refractivity contribution in [2.75, 3.05) is 5.73 Å². The van der Waals surface area contributed by atoms with Gasteiger partial charge in [-0.2, -0.15) is 13.2 Å². The molecule has 0 amide bonds. The highest BCUT2D eigenvalue weighted by atomic mass is 19.4. The summed E-state index contributed by atoms with van der Waals surface area (Å²) in [4.78, 5) is 11.5. The normalized spacial score (nSPS) is 13.9. The third kappa shape index (κ3) is 4.90. The zero-order chi connectivity index (χ0) is 24.5. The molecule has 0 bridgehead atoms. The number of carbonyl (C=O) groups is 1. The molecule has 0 saturated heterocycles. The van der Waals surface area contributed by atoms with Gasteiger partial charge in [-0.05, 0) is 84.0 Å². The topological polar surface area (TPSA) is 72.5 Å². The summed E-state index contributed by atoms with van der Waals surface area (Å²) in [6.07, 6.45) is -2.76. The van der Waals surface area contributed by atoms with Crippen molar-refractivity contribution in [3.8, 4) is 5.75 Å². The number of carboxylic acid groups (broad SMARTS) is 1. The monoisotopic (exact) mass is 471 g/mol. The molecule has 0 atom stereocenters. The van der Waals surface area contributed by atoms with Gasteiger partial charge in [-0.3, -0.25) is 0 Å². The Morgan fingerprint density at radius 2 is 1.68 bits per heavy atom. The van der Waals surface area contributed by atoms with Crippen LogP contribution in [0.15, 0.2) is 60.7 Å².